The Morgan fingerprint density at radius 1 is 1.13 bits per heavy atom. The molecule has 0 amide bonds. The van der Waals surface area contributed by atoms with E-state index in [0.717, 1.165) is 23.5 Å². The van der Waals surface area contributed by atoms with E-state index in [9.17, 15) is 18.4 Å². The van der Waals surface area contributed by atoms with Crippen molar-refractivity contribution < 1.29 is 40.3 Å². The first-order chi connectivity index (χ1) is 13.8. The van der Waals surface area contributed by atoms with Gasteiger partial charge in [0.25, 0.3) is 0 Å². The molecule has 164 valence electrons. The molecule has 3 rings (SSSR count). The minimum atomic E-state index is -0.965. The van der Waals surface area contributed by atoms with Gasteiger partial charge in [-0.1, -0.05) is 11.8 Å². The van der Waals surface area contributed by atoms with Gasteiger partial charge in [0, 0.05) is 0 Å². The Labute approximate surface area is 187 Å². The van der Waals surface area contributed by atoms with Crippen LogP contribution in [0, 0.1) is 11.6 Å². The first kappa shape index (κ1) is 24.4. The van der Waals surface area contributed by atoms with Crippen LogP contribution in [0.2, 0.25) is 0 Å². The molecule has 0 spiro atoms. The summed E-state index contributed by atoms with van der Waals surface area (Å²) in [6, 6.07) is 2.48. The molecule has 2 aliphatic heterocycles. The third kappa shape index (κ3) is 4.26. The molecule has 0 aromatic heterocycles. The summed E-state index contributed by atoms with van der Waals surface area (Å²) in [4.78, 5) is 26.7. The summed E-state index contributed by atoms with van der Waals surface area (Å²) in [5, 5.41) is 2.05. The molecule has 1 aromatic carbocycles. The molecule has 0 N–H and O–H groups in total. The monoisotopic (exact) mass is 478 g/mol. The number of anilines is 2. The first-order valence-corrected chi connectivity index (χ1v) is 11.8. The largest absolute Gasteiger partial charge is 1.00 e. The molecule has 0 aliphatic carbocycles. The third-order valence-electron chi connectivity index (χ3n) is 4.25. The van der Waals surface area contributed by atoms with E-state index in [0.29, 0.717) is 12.2 Å². The van der Waals surface area contributed by atoms with E-state index in [4.69, 9.17) is 9.47 Å². The van der Waals surface area contributed by atoms with Gasteiger partial charge in [-0.25, -0.2) is 18.4 Å². The highest BCUT2D eigenvalue weighted by Gasteiger charge is 2.43. The molecule has 0 fully saturated rings. The van der Waals surface area contributed by atoms with Gasteiger partial charge in [0.15, 0.2) is 17.2 Å². The Hall–Kier alpha value is -1.91. The molecule has 0 bridgehead atoms. The van der Waals surface area contributed by atoms with Crippen molar-refractivity contribution in [2.45, 2.75) is 13.8 Å². The Bertz CT molecular complexity index is 904. The van der Waals surface area contributed by atoms with Crippen molar-refractivity contribution in [3.8, 4) is 0 Å². The quantitative estimate of drug-likeness (QED) is 0.198. The number of halogens is 3. The number of rotatable bonds is 5. The maximum atomic E-state index is 14.8. The lowest BCUT2D eigenvalue weighted by Gasteiger charge is -2.36. The zero-order chi connectivity index (χ0) is 21.3. The van der Waals surface area contributed by atoms with Crippen molar-refractivity contribution in [1.82, 2.24) is 0 Å². The Morgan fingerprint density at radius 2 is 1.73 bits per heavy atom. The molecule has 11 heteroatoms. The number of hydrogen-bond donors (Lipinski definition) is 0. The number of nitrogens with zero attached hydrogens (tertiary/aromatic N) is 2. The van der Waals surface area contributed by atoms with Crippen LogP contribution in [0.15, 0.2) is 33.8 Å². The number of hydrogen-bond acceptors (Lipinski definition) is 7. The zero-order valence-corrected chi connectivity index (χ0v) is 19.2. The van der Waals surface area contributed by atoms with Crippen molar-refractivity contribution in [2.24, 2.45) is 0 Å². The van der Waals surface area contributed by atoms with Crippen molar-refractivity contribution in [3.63, 3.8) is 0 Å². The average Bonchev–Trinajstić information content (AvgIpc) is 3.08. The second-order valence-corrected chi connectivity index (χ2v) is 9.07. The topological polar surface area (TPSA) is 59.1 Å². The Morgan fingerprint density at radius 3 is 2.27 bits per heavy atom. The van der Waals surface area contributed by atoms with Crippen LogP contribution in [0.5, 0.6) is 0 Å². The van der Waals surface area contributed by atoms with Crippen LogP contribution in [-0.2, 0) is 30.1 Å². The molecular weight excluding hydrogens is 458 g/mol. The summed E-state index contributed by atoms with van der Waals surface area (Å²) in [7, 11) is 0. The molecule has 1 aromatic rings. The fourth-order valence-corrected chi connectivity index (χ4v) is 5.01. The summed E-state index contributed by atoms with van der Waals surface area (Å²) in [5.41, 5.74) is 0.938. The van der Waals surface area contributed by atoms with Gasteiger partial charge in [0.1, 0.15) is 29.8 Å². The van der Waals surface area contributed by atoms with Gasteiger partial charge >= 0.3 is 11.9 Å². The smallest absolute Gasteiger partial charge is 0.348 e. The van der Waals surface area contributed by atoms with Gasteiger partial charge in [0.05, 0.1) is 35.7 Å². The standard InChI is InChI=1S/C19H21F2N2O4S2.ClH/c1-5-26-18(24)14(19(25)27-6-2)17-23-11(10-28-17)9-22(29(3)4)16-13(23)8-7-12(20)15(16)21;/h7-8,10H,5-6,9H2,1-4H3;1H/q+1;/p-1. The Balaban J connectivity index is 0.00000320. The fraction of sp³-hybridized carbons (Fsp3) is 0.368. The number of benzene rings is 1. The van der Waals surface area contributed by atoms with Crippen molar-refractivity contribution >= 4 is 46.2 Å². The summed E-state index contributed by atoms with van der Waals surface area (Å²) >= 11 is 0.767. The van der Waals surface area contributed by atoms with E-state index in [1.54, 1.807) is 28.5 Å². The van der Waals surface area contributed by atoms with Gasteiger partial charge in [-0.3, -0.25) is 0 Å². The number of carbonyl (C=O) groups excluding carboxylic acids is 2. The molecular formula is C19H21ClF2N2O4S2. The van der Waals surface area contributed by atoms with Gasteiger partial charge < -0.3 is 26.8 Å². The van der Waals surface area contributed by atoms with Gasteiger partial charge in [-0.05, 0) is 31.4 Å². The lowest BCUT2D eigenvalue weighted by Crippen LogP contribution is -3.00. The number of esters is 2. The van der Waals surface area contributed by atoms with E-state index < -0.39 is 23.6 Å². The second-order valence-electron chi connectivity index (χ2n) is 6.22. The minimum absolute atomic E-state index is 0. The molecule has 0 saturated carbocycles. The van der Waals surface area contributed by atoms with Crippen LogP contribution in [-0.4, -0.2) is 44.2 Å². The van der Waals surface area contributed by atoms with Crippen LogP contribution in [0.25, 0.3) is 0 Å². The molecule has 0 unspecified atom stereocenters. The number of thioether (sulfide) groups is 1. The highest BCUT2D eigenvalue weighted by atomic mass is 35.5. The highest BCUT2D eigenvalue weighted by Crippen LogP contribution is 2.49. The van der Waals surface area contributed by atoms with Gasteiger partial charge in [-0.15, -0.1) is 0 Å². The molecule has 2 heterocycles. The maximum absolute atomic E-state index is 14.8. The summed E-state index contributed by atoms with van der Waals surface area (Å²) < 4.78 is 40.6. The van der Waals surface area contributed by atoms with Crippen molar-refractivity contribution in [3.05, 3.63) is 45.5 Å². The predicted molar refractivity (Wildman–Crippen MR) is 111 cm³/mol. The first-order valence-electron chi connectivity index (χ1n) is 8.89. The van der Waals surface area contributed by atoms with Crippen LogP contribution >= 0.6 is 11.8 Å². The van der Waals surface area contributed by atoms with Crippen molar-refractivity contribution in [2.75, 3.05) is 41.5 Å². The summed E-state index contributed by atoms with van der Waals surface area (Å²) in [6.07, 6.45) is 3.82. The van der Waals surface area contributed by atoms with E-state index in [1.807, 2.05) is 12.5 Å². The van der Waals surface area contributed by atoms with Crippen LogP contribution in [0.1, 0.15) is 13.8 Å². The van der Waals surface area contributed by atoms with E-state index >= 15 is 0 Å². The van der Waals surface area contributed by atoms with Crippen molar-refractivity contribution in [1.29, 1.82) is 0 Å². The lowest BCUT2D eigenvalue weighted by atomic mass is 10.1. The Kier molecular flexibility index (Phi) is 8.06. The molecule has 0 atom stereocenters. The maximum Gasteiger partial charge on any atom is 0.348 e. The molecule has 30 heavy (non-hydrogen) atoms. The van der Waals surface area contributed by atoms with Crippen LogP contribution < -0.4 is 21.6 Å². The average molecular weight is 479 g/mol. The highest BCUT2D eigenvalue weighted by molar-refractivity contribution is 8.06. The SMILES string of the molecule is CCOC(=O)C(C(=O)OCC)=C1SC=C2CN([S+](C)C)c3c(ccc(F)c3F)N21.[Cl-]. The molecule has 0 saturated heterocycles. The molecule has 2 aliphatic rings. The van der Waals surface area contributed by atoms with Crippen LogP contribution in [0.3, 0.4) is 0 Å². The molecule has 6 nitrogen and oxygen atoms in total. The third-order valence-corrected chi connectivity index (χ3v) is 6.45. The van der Waals surface area contributed by atoms with Gasteiger partial charge in [-0.2, -0.15) is 4.31 Å². The fourth-order valence-electron chi connectivity index (χ4n) is 3.05. The number of carbonyl (C=O) groups is 2. The zero-order valence-electron chi connectivity index (χ0n) is 16.8. The molecule has 0 radical (unpaired) electrons. The number of fused-ring (bicyclic) bond motifs is 3. The van der Waals surface area contributed by atoms with E-state index in [1.165, 1.54) is 6.07 Å². The second kappa shape index (κ2) is 9.93. The number of ether oxygens (including phenoxy) is 2. The predicted octanol–water partition coefficient (Wildman–Crippen LogP) is 0.314. The van der Waals surface area contributed by atoms with Crippen LogP contribution in [0.4, 0.5) is 20.2 Å². The lowest BCUT2D eigenvalue weighted by molar-refractivity contribution is -0.146. The van der Waals surface area contributed by atoms with E-state index in [-0.39, 0.29) is 53.0 Å². The normalized spacial score (nSPS) is 14.6. The summed E-state index contributed by atoms with van der Waals surface area (Å²) in [6.45, 7) is 3.73. The minimum Gasteiger partial charge on any atom is -1.00 e. The van der Waals surface area contributed by atoms with Gasteiger partial charge in [0.2, 0.25) is 0 Å². The van der Waals surface area contributed by atoms with E-state index in [2.05, 4.69) is 0 Å². The summed E-state index contributed by atoms with van der Waals surface area (Å²) in [5.74, 6) is -3.56.